The summed E-state index contributed by atoms with van der Waals surface area (Å²) in [5.41, 5.74) is 8.66. The first-order chi connectivity index (χ1) is 8.65. The molecular formula is C14H14Cl2N2. The zero-order valence-electron chi connectivity index (χ0n) is 9.79. The van der Waals surface area contributed by atoms with Gasteiger partial charge in [-0.2, -0.15) is 0 Å². The molecule has 0 aromatic heterocycles. The summed E-state index contributed by atoms with van der Waals surface area (Å²) < 4.78 is 0. The lowest BCUT2D eigenvalue weighted by Gasteiger charge is -2.09. The summed E-state index contributed by atoms with van der Waals surface area (Å²) in [7, 11) is 0. The summed E-state index contributed by atoms with van der Waals surface area (Å²) >= 11 is 11.8. The number of nitrogen functional groups attached to an aromatic ring is 1. The molecule has 0 heterocycles. The van der Waals surface area contributed by atoms with Crippen molar-refractivity contribution in [1.29, 1.82) is 0 Å². The maximum absolute atomic E-state index is 5.92. The van der Waals surface area contributed by atoms with E-state index in [9.17, 15) is 0 Å². The molecule has 0 saturated carbocycles. The van der Waals surface area contributed by atoms with Crippen LogP contribution in [0.1, 0.15) is 5.56 Å². The molecule has 0 unspecified atom stereocenters. The van der Waals surface area contributed by atoms with E-state index >= 15 is 0 Å². The van der Waals surface area contributed by atoms with Gasteiger partial charge < -0.3 is 11.1 Å². The minimum absolute atomic E-state index is 0.679. The Labute approximate surface area is 117 Å². The number of hydrogen-bond acceptors (Lipinski definition) is 2. The largest absolute Gasteiger partial charge is 0.397 e. The maximum atomic E-state index is 5.92. The molecule has 2 aromatic rings. The van der Waals surface area contributed by atoms with Crippen molar-refractivity contribution >= 4 is 34.6 Å². The van der Waals surface area contributed by atoms with Crippen LogP contribution in [-0.2, 0) is 6.42 Å². The Bertz CT molecular complexity index is 524. The molecule has 0 aliphatic carbocycles. The number of nitrogens with one attached hydrogen (secondary N) is 1. The summed E-state index contributed by atoms with van der Waals surface area (Å²) in [4.78, 5) is 0. The third-order valence-electron chi connectivity index (χ3n) is 2.66. The SMILES string of the molecule is Nc1ccc(Cl)cc1NCCc1ccc(Cl)cc1. The van der Waals surface area contributed by atoms with Crippen LogP contribution in [0.15, 0.2) is 42.5 Å². The Morgan fingerprint density at radius 1 is 0.944 bits per heavy atom. The summed E-state index contributed by atoms with van der Waals surface area (Å²) in [5, 5.41) is 4.71. The fourth-order valence-electron chi connectivity index (χ4n) is 1.67. The van der Waals surface area contributed by atoms with Gasteiger partial charge in [0.25, 0.3) is 0 Å². The zero-order chi connectivity index (χ0) is 13.0. The predicted octanol–water partition coefficient (Wildman–Crippen LogP) is 4.23. The molecule has 0 saturated heterocycles. The Morgan fingerprint density at radius 3 is 2.33 bits per heavy atom. The normalized spacial score (nSPS) is 10.3. The van der Waals surface area contributed by atoms with Crippen molar-refractivity contribution in [3.8, 4) is 0 Å². The molecule has 4 heteroatoms. The molecule has 0 radical (unpaired) electrons. The van der Waals surface area contributed by atoms with Crippen LogP contribution in [0, 0.1) is 0 Å². The van der Waals surface area contributed by atoms with Crippen LogP contribution >= 0.6 is 23.2 Å². The lowest BCUT2D eigenvalue weighted by atomic mass is 10.1. The Kier molecular flexibility index (Phi) is 4.34. The van der Waals surface area contributed by atoms with E-state index in [1.54, 1.807) is 12.1 Å². The van der Waals surface area contributed by atoms with E-state index in [0.717, 1.165) is 23.7 Å². The van der Waals surface area contributed by atoms with Gasteiger partial charge in [0.1, 0.15) is 0 Å². The van der Waals surface area contributed by atoms with Crippen molar-refractivity contribution in [3.63, 3.8) is 0 Å². The molecule has 94 valence electrons. The number of nitrogens with two attached hydrogens (primary N) is 1. The van der Waals surface area contributed by atoms with E-state index in [1.165, 1.54) is 5.56 Å². The van der Waals surface area contributed by atoms with Crippen LogP contribution in [0.5, 0.6) is 0 Å². The average molecular weight is 281 g/mol. The van der Waals surface area contributed by atoms with E-state index in [-0.39, 0.29) is 0 Å². The van der Waals surface area contributed by atoms with Crippen molar-refractivity contribution < 1.29 is 0 Å². The van der Waals surface area contributed by atoms with Gasteiger partial charge in [0.15, 0.2) is 0 Å². The van der Waals surface area contributed by atoms with Crippen molar-refractivity contribution in [1.82, 2.24) is 0 Å². The molecule has 3 N–H and O–H groups in total. The van der Waals surface area contributed by atoms with Gasteiger partial charge in [-0.3, -0.25) is 0 Å². The fourth-order valence-corrected chi connectivity index (χ4v) is 1.97. The number of halogens is 2. The minimum Gasteiger partial charge on any atom is -0.397 e. The van der Waals surface area contributed by atoms with Crippen molar-refractivity contribution in [2.24, 2.45) is 0 Å². The average Bonchev–Trinajstić information content (AvgIpc) is 2.36. The quantitative estimate of drug-likeness (QED) is 0.823. The lowest BCUT2D eigenvalue weighted by molar-refractivity contribution is 1.02. The highest BCUT2D eigenvalue weighted by Gasteiger charge is 2.00. The number of anilines is 2. The minimum atomic E-state index is 0.679. The third kappa shape index (κ3) is 3.56. The number of benzene rings is 2. The van der Waals surface area contributed by atoms with Crippen molar-refractivity contribution in [2.45, 2.75) is 6.42 Å². The molecule has 0 aliphatic rings. The highest BCUT2D eigenvalue weighted by molar-refractivity contribution is 6.31. The summed E-state index contributed by atoms with van der Waals surface area (Å²) in [6.07, 6.45) is 0.906. The molecule has 0 bridgehead atoms. The first-order valence-electron chi connectivity index (χ1n) is 5.68. The standard InChI is InChI=1S/C14H14Cl2N2/c15-11-3-1-10(2-4-11)7-8-18-14-9-12(16)5-6-13(14)17/h1-6,9,18H,7-8,17H2. The molecule has 2 nitrogen and oxygen atoms in total. The first-order valence-corrected chi connectivity index (χ1v) is 6.44. The van der Waals surface area contributed by atoms with Crippen LogP contribution in [0.3, 0.4) is 0 Å². The Balaban J connectivity index is 1.92. The van der Waals surface area contributed by atoms with E-state index in [4.69, 9.17) is 28.9 Å². The molecule has 0 amide bonds. The molecule has 2 rings (SSSR count). The van der Waals surface area contributed by atoms with Gasteiger partial charge in [-0.15, -0.1) is 0 Å². The monoisotopic (exact) mass is 280 g/mol. The topological polar surface area (TPSA) is 38.0 Å². The highest BCUT2D eigenvalue weighted by atomic mass is 35.5. The second-order valence-electron chi connectivity index (χ2n) is 4.03. The molecule has 18 heavy (non-hydrogen) atoms. The molecule has 2 aromatic carbocycles. The molecule has 0 spiro atoms. The van der Waals surface area contributed by atoms with Crippen LogP contribution in [-0.4, -0.2) is 6.54 Å². The summed E-state index contributed by atoms with van der Waals surface area (Å²) in [6, 6.07) is 13.2. The highest BCUT2D eigenvalue weighted by Crippen LogP contribution is 2.22. The third-order valence-corrected chi connectivity index (χ3v) is 3.14. The molecule has 0 fully saturated rings. The summed E-state index contributed by atoms with van der Waals surface area (Å²) in [5.74, 6) is 0. The van der Waals surface area contributed by atoms with Gasteiger partial charge in [0.05, 0.1) is 11.4 Å². The van der Waals surface area contributed by atoms with Crippen molar-refractivity contribution in [3.05, 3.63) is 58.1 Å². The lowest BCUT2D eigenvalue weighted by Crippen LogP contribution is -2.06. The second-order valence-corrected chi connectivity index (χ2v) is 4.91. The predicted molar refractivity (Wildman–Crippen MR) is 79.5 cm³/mol. The van der Waals surface area contributed by atoms with E-state index in [2.05, 4.69) is 5.32 Å². The van der Waals surface area contributed by atoms with Crippen LogP contribution in [0.25, 0.3) is 0 Å². The van der Waals surface area contributed by atoms with Crippen LogP contribution < -0.4 is 11.1 Å². The summed E-state index contributed by atoms with van der Waals surface area (Å²) in [6.45, 7) is 0.798. The molecule has 0 atom stereocenters. The van der Waals surface area contributed by atoms with E-state index < -0.39 is 0 Å². The first kappa shape index (κ1) is 13.1. The van der Waals surface area contributed by atoms with Crippen molar-refractivity contribution in [2.75, 3.05) is 17.6 Å². The molecular weight excluding hydrogens is 267 g/mol. The van der Waals surface area contributed by atoms with Gasteiger partial charge in [-0.25, -0.2) is 0 Å². The molecule has 0 aliphatic heterocycles. The smallest absolute Gasteiger partial charge is 0.0588 e. The number of hydrogen-bond donors (Lipinski definition) is 2. The van der Waals surface area contributed by atoms with Gasteiger partial charge in [-0.1, -0.05) is 35.3 Å². The Morgan fingerprint density at radius 2 is 1.61 bits per heavy atom. The van der Waals surface area contributed by atoms with E-state index in [1.807, 2.05) is 30.3 Å². The Hall–Kier alpha value is -1.38. The van der Waals surface area contributed by atoms with Crippen LogP contribution in [0.2, 0.25) is 10.0 Å². The van der Waals surface area contributed by atoms with Gasteiger partial charge >= 0.3 is 0 Å². The maximum Gasteiger partial charge on any atom is 0.0588 e. The number of rotatable bonds is 4. The van der Waals surface area contributed by atoms with Gasteiger partial charge in [0.2, 0.25) is 0 Å². The second kappa shape index (κ2) is 5.98. The van der Waals surface area contributed by atoms with Gasteiger partial charge in [0, 0.05) is 16.6 Å². The zero-order valence-corrected chi connectivity index (χ0v) is 11.3. The van der Waals surface area contributed by atoms with E-state index in [0.29, 0.717) is 10.7 Å². The van der Waals surface area contributed by atoms with Crippen LogP contribution in [0.4, 0.5) is 11.4 Å². The van der Waals surface area contributed by atoms with Gasteiger partial charge in [-0.05, 0) is 42.3 Å². The fraction of sp³-hybridized carbons (Fsp3) is 0.143.